The maximum Gasteiger partial charge on any atom is 0.260 e. The van der Waals surface area contributed by atoms with E-state index in [9.17, 15) is 4.79 Å². The second-order valence-corrected chi connectivity index (χ2v) is 5.05. The van der Waals surface area contributed by atoms with Gasteiger partial charge in [-0.2, -0.15) is 0 Å². The lowest BCUT2D eigenvalue weighted by molar-refractivity contribution is -0.127. The number of hydrogen-bond acceptors (Lipinski definition) is 2. The van der Waals surface area contributed by atoms with Crippen molar-refractivity contribution in [2.24, 2.45) is 0 Å². The van der Waals surface area contributed by atoms with Crippen LogP contribution in [-0.4, -0.2) is 18.6 Å². The van der Waals surface area contributed by atoms with Crippen LogP contribution in [0.5, 0.6) is 5.75 Å². The zero-order valence-corrected chi connectivity index (χ0v) is 12.5. The molecule has 110 valence electrons. The van der Waals surface area contributed by atoms with Crippen LogP contribution in [0.4, 0.5) is 0 Å². The van der Waals surface area contributed by atoms with Crippen molar-refractivity contribution in [2.75, 3.05) is 6.54 Å². The van der Waals surface area contributed by atoms with Crippen molar-refractivity contribution in [3.63, 3.8) is 0 Å². The average Bonchev–Trinajstić information content (AvgIpc) is 2.50. The summed E-state index contributed by atoms with van der Waals surface area (Å²) in [4.78, 5) is 12.0. The molecule has 21 heavy (non-hydrogen) atoms. The van der Waals surface area contributed by atoms with Crippen LogP contribution in [0, 0.1) is 6.92 Å². The van der Waals surface area contributed by atoms with Gasteiger partial charge in [0.25, 0.3) is 5.91 Å². The Morgan fingerprint density at radius 2 is 1.76 bits per heavy atom. The van der Waals surface area contributed by atoms with Gasteiger partial charge in [-0.1, -0.05) is 48.5 Å². The number of hydrogen-bond donors (Lipinski definition) is 1. The van der Waals surface area contributed by atoms with E-state index < -0.39 is 6.10 Å². The van der Waals surface area contributed by atoms with Gasteiger partial charge in [0.2, 0.25) is 0 Å². The first-order valence-electron chi connectivity index (χ1n) is 7.21. The van der Waals surface area contributed by atoms with Crippen LogP contribution < -0.4 is 10.1 Å². The maximum absolute atomic E-state index is 12.0. The largest absolute Gasteiger partial charge is 0.481 e. The van der Waals surface area contributed by atoms with Crippen LogP contribution in [0.15, 0.2) is 54.6 Å². The molecule has 3 nitrogen and oxygen atoms in total. The van der Waals surface area contributed by atoms with Gasteiger partial charge in [-0.25, -0.2) is 0 Å². The molecule has 0 aliphatic heterocycles. The van der Waals surface area contributed by atoms with E-state index in [1.165, 1.54) is 5.56 Å². The fourth-order valence-corrected chi connectivity index (χ4v) is 2.05. The maximum atomic E-state index is 12.0. The fraction of sp³-hybridized carbons (Fsp3) is 0.278. The predicted molar refractivity (Wildman–Crippen MR) is 84.4 cm³/mol. The topological polar surface area (TPSA) is 38.3 Å². The summed E-state index contributed by atoms with van der Waals surface area (Å²) in [5.41, 5.74) is 2.24. The normalized spacial score (nSPS) is 11.7. The molecule has 0 aromatic heterocycles. The van der Waals surface area contributed by atoms with Crippen molar-refractivity contribution in [1.29, 1.82) is 0 Å². The van der Waals surface area contributed by atoms with E-state index in [4.69, 9.17) is 4.74 Å². The van der Waals surface area contributed by atoms with Gasteiger partial charge in [-0.3, -0.25) is 4.79 Å². The molecule has 1 unspecified atom stereocenters. The van der Waals surface area contributed by atoms with E-state index in [-0.39, 0.29) is 5.91 Å². The number of nitrogens with one attached hydrogen (secondary N) is 1. The molecule has 1 N–H and O–H groups in total. The molecule has 2 rings (SSSR count). The molecule has 1 atom stereocenters. The standard InChI is InChI=1S/C18H21NO2/c1-14-8-6-7-11-17(14)21-15(2)18(20)19-13-12-16-9-4-3-5-10-16/h3-11,15H,12-13H2,1-2H3,(H,19,20). The number of para-hydroxylation sites is 1. The first-order chi connectivity index (χ1) is 10.2. The second kappa shape index (κ2) is 7.48. The molecule has 0 saturated carbocycles. The molecule has 0 saturated heterocycles. The number of carbonyl (C=O) groups excluding carboxylic acids is 1. The number of aryl methyl sites for hydroxylation is 1. The minimum absolute atomic E-state index is 0.0887. The molecule has 0 radical (unpaired) electrons. The van der Waals surface area contributed by atoms with E-state index in [1.54, 1.807) is 6.92 Å². The van der Waals surface area contributed by atoms with E-state index >= 15 is 0 Å². The van der Waals surface area contributed by atoms with Crippen LogP contribution in [0.3, 0.4) is 0 Å². The lowest BCUT2D eigenvalue weighted by Gasteiger charge is -2.16. The highest BCUT2D eigenvalue weighted by molar-refractivity contribution is 5.80. The van der Waals surface area contributed by atoms with Crippen LogP contribution in [0.1, 0.15) is 18.1 Å². The Labute approximate surface area is 126 Å². The van der Waals surface area contributed by atoms with Crippen molar-refractivity contribution in [1.82, 2.24) is 5.32 Å². The molecular formula is C18H21NO2. The van der Waals surface area contributed by atoms with Crippen LogP contribution in [-0.2, 0) is 11.2 Å². The van der Waals surface area contributed by atoms with Crippen molar-refractivity contribution in [3.05, 3.63) is 65.7 Å². The minimum atomic E-state index is -0.498. The summed E-state index contributed by atoms with van der Waals surface area (Å²) in [7, 11) is 0. The van der Waals surface area contributed by atoms with E-state index in [2.05, 4.69) is 17.4 Å². The Morgan fingerprint density at radius 3 is 2.48 bits per heavy atom. The lowest BCUT2D eigenvalue weighted by atomic mass is 10.1. The van der Waals surface area contributed by atoms with E-state index in [0.717, 1.165) is 17.7 Å². The Kier molecular flexibility index (Phi) is 5.38. The van der Waals surface area contributed by atoms with Gasteiger partial charge >= 0.3 is 0 Å². The number of carbonyl (C=O) groups is 1. The summed E-state index contributed by atoms with van der Waals surface area (Å²) < 4.78 is 5.70. The molecule has 0 aliphatic rings. The number of ether oxygens (including phenoxy) is 1. The van der Waals surface area contributed by atoms with Gasteiger partial charge in [0.15, 0.2) is 6.10 Å². The quantitative estimate of drug-likeness (QED) is 0.884. The van der Waals surface area contributed by atoms with Crippen molar-refractivity contribution in [3.8, 4) is 5.75 Å². The minimum Gasteiger partial charge on any atom is -0.481 e. The monoisotopic (exact) mass is 283 g/mol. The molecular weight excluding hydrogens is 262 g/mol. The van der Waals surface area contributed by atoms with Crippen molar-refractivity contribution >= 4 is 5.91 Å². The van der Waals surface area contributed by atoms with E-state index in [0.29, 0.717) is 6.54 Å². The zero-order valence-electron chi connectivity index (χ0n) is 12.5. The fourth-order valence-electron chi connectivity index (χ4n) is 2.05. The van der Waals surface area contributed by atoms with Crippen molar-refractivity contribution in [2.45, 2.75) is 26.4 Å². The van der Waals surface area contributed by atoms with Gasteiger partial charge < -0.3 is 10.1 Å². The molecule has 2 aromatic rings. The van der Waals surface area contributed by atoms with Crippen LogP contribution >= 0.6 is 0 Å². The van der Waals surface area contributed by atoms with Gasteiger partial charge in [-0.15, -0.1) is 0 Å². The van der Waals surface area contributed by atoms with Crippen LogP contribution in [0.2, 0.25) is 0 Å². The Hall–Kier alpha value is -2.29. The summed E-state index contributed by atoms with van der Waals surface area (Å²) in [6.45, 7) is 4.35. The lowest BCUT2D eigenvalue weighted by Crippen LogP contribution is -2.37. The van der Waals surface area contributed by atoms with E-state index in [1.807, 2.05) is 49.4 Å². The summed E-state index contributed by atoms with van der Waals surface area (Å²) >= 11 is 0. The average molecular weight is 283 g/mol. The molecule has 3 heteroatoms. The second-order valence-electron chi connectivity index (χ2n) is 5.05. The summed E-state index contributed by atoms with van der Waals surface area (Å²) in [6.07, 6.45) is 0.325. The van der Waals surface area contributed by atoms with Gasteiger partial charge in [0, 0.05) is 6.54 Å². The molecule has 0 aliphatic carbocycles. The highest BCUT2D eigenvalue weighted by Gasteiger charge is 2.14. The third-order valence-corrected chi connectivity index (χ3v) is 3.32. The summed E-state index contributed by atoms with van der Waals surface area (Å²) in [5, 5.41) is 2.91. The Balaban J connectivity index is 1.79. The van der Waals surface area contributed by atoms with Gasteiger partial charge in [0.1, 0.15) is 5.75 Å². The van der Waals surface area contributed by atoms with Crippen molar-refractivity contribution < 1.29 is 9.53 Å². The molecule has 0 bridgehead atoms. The highest BCUT2D eigenvalue weighted by atomic mass is 16.5. The zero-order chi connectivity index (χ0) is 15.1. The first-order valence-corrected chi connectivity index (χ1v) is 7.21. The third kappa shape index (κ3) is 4.63. The molecule has 0 fully saturated rings. The molecule has 0 spiro atoms. The summed E-state index contributed by atoms with van der Waals surface area (Å²) in [6, 6.07) is 17.8. The number of benzene rings is 2. The molecule has 1 amide bonds. The smallest absolute Gasteiger partial charge is 0.260 e. The SMILES string of the molecule is Cc1ccccc1OC(C)C(=O)NCCc1ccccc1. The number of rotatable bonds is 6. The molecule has 0 heterocycles. The Morgan fingerprint density at radius 1 is 1.10 bits per heavy atom. The third-order valence-electron chi connectivity index (χ3n) is 3.32. The first kappa shape index (κ1) is 15.1. The molecule has 2 aromatic carbocycles. The highest BCUT2D eigenvalue weighted by Crippen LogP contribution is 2.17. The summed E-state index contributed by atoms with van der Waals surface area (Å²) in [5.74, 6) is 0.664. The predicted octanol–water partition coefficient (Wildman–Crippen LogP) is 3.12. The van der Waals surface area contributed by atoms with Crippen LogP contribution in [0.25, 0.3) is 0 Å². The Bertz CT molecular complexity index is 581. The van der Waals surface area contributed by atoms with Gasteiger partial charge in [0.05, 0.1) is 0 Å². The van der Waals surface area contributed by atoms with Gasteiger partial charge in [-0.05, 0) is 37.5 Å². The number of amides is 1.